The Morgan fingerprint density at radius 3 is 2.28 bits per heavy atom. The molecular weight excluding hydrogens is 456 g/mol. The predicted molar refractivity (Wildman–Crippen MR) is 123 cm³/mol. The lowest BCUT2D eigenvalue weighted by atomic mass is 10.1. The van der Waals surface area contributed by atoms with E-state index in [1.807, 2.05) is 0 Å². The van der Waals surface area contributed by atoms with E-state index in [0.717, 1.165) is 0 Å². The van der Waals surface area contributed by atoms with Crippen LogP contribution in [0.15, 0.2) is 71.8 Å². The van der Waals surface area contributed by atoms with Gasteiger partial charge in [0.2, 0.25) is 0 Å². The van der Waals surface area contributed by atoms with Gasteiger partial charge in [-0.15, -0.1) is 0 Å². The number of halogens is 3. The van der Waals surface area contributed by atoms with Crippen LogP contribution in [0, 0.1) is 5.82 Å². The Morgan fingerprint density at radius 2 is 1.62 bits per heavy atom. The summed E-state index contributed by atoms with van der Waals surface area (Å²) in [6, 6.07) is 17.7. The summed E-state index contributed by atoms with van der Waals surface area (Å²) in [7, 11) is 0. The highest BCUT2D eigenvalue weighted by Gasteiger charge is 2.14. The molecule has 3 rings (SSSR count). The molecule has 0 fully saturated rings. The van der Waals surface area contributed by atoms with Crippen LogP contribution < -0.4 is 15.5 Å². The van der Waals surface area contributed by atoms with Crippen LogP contribution in [0.2, 0.25) is 10.0 Å². The second kappa shape index (κ2) is 10.7. The molecule has 6 nitrogen and oxygen atoms in total. The first-order valence-corrected chi connectivity index (χ1v) is 10.2. The number of nitrogens with zero attached hydrogens (tertiary/aromatic N) is 1. The number of hydrazone groups is 1. The highest BCUT2D eigenvalue weighted by molar-refractivity contribution is 6.40. The lowest BCUT2D eigenvalue weighted by Gasteiger charge is -2.08. The average molecular weight is 474 g/mol. The second-order valence-electron chi connectivity index (χ2n) is 6.65. The molecule has 0 saturated carbocycles. The van der Waals surface area contributed by atoms with Crippen molar-refractivity contribution in [1.82, 2.24) is 5.43 Å². The van der Waals surface area contributed by atoms with E-state index in [0.29, 0.717) is 32.6 Å². The smallest absolute Gasteiger partial charge is 0.329 e. The van der Waals surface area contributed by atoms with Crippen LogP contribution in [0.25, 0.3) is 0 Å². The molecule has 0 aliphatic rings. The Kier molecular flexibility index (Phi) is 7.81. The molecule has 3 aromatic carbocycles. The fourth-order valence-electron chi connectivity index (χ4n) is 2.63. The Bertz CT molecular complexity index is 1150. The molecule has 0 unspecified atom stereocenters. The van der Waals surface area contributed by atoms with Crippen molar-refractivity contribution < 1.29 is 18.7 Å². The van der Waals surface area contributed by atoms with Crippen molar-refractivity contribution in [3.8, 4) is 5.75 Å². The van der Waals surface area contributed by atoms with E-state index in [1.165, 1.54) is 24.3 Å². The zero-order valence-electron chi connectivity index (χ0n) is 16.9. The van der Waals surface area contributed by atoms with Crippen molar-refractivity contribution in [3.05, 3.63) is 93.7 Å². The number of carbonyl (C=O) groups excluding carboxylic acids is 2. The molecule has 2 N–H and O–H groups in total. The lowest BCUT2D eigenvalue weighted by Crippen LogP contribution is -2.32. The van der Waals surface area contributed by atoms with Gasteiger partial charge in [-0.2, -0.15) is 5.10 Å². The molecule has 0 aliphatic heterocycles. The van der Waals surface area contributed by atoms with Crippen LogP contribution in [0.5, 0.6) is 5.75 Å². The van der Waals surface area contributed by atoms with Gasteiger partial charge in [-0.1, -0.05) is 41.4 Å². The van der Waals surface area contributed by atoms with E-state index in [9.17, 15) is 14.0 Å². The molecule has 164 valence electrons. The molecule has 32 heavy (non-hydrogen) atoms. The maximum absolute atomic E-state index is 13.7. The van der Waals surface area contributed by atoms with Gasteiger partial charge >= 0.3 is 11.8 Å². The highest BCUT2D eigenvalue weighted by atomic mass is 35.5. The number of hydrogen-bond donors (Lipinski definition) is 2. The van der Waals surface area contributed by atoms with Crippen LogP contribution in [0.4, 0.5) is 10.1 Å². The van der Waals surface area contributed by atoms with Gasteiger partial charge in [-0.05, 0) is 61.0 Å². The number of carbonyl (C=O) groups is 2. The monoisotopic (exact) mass is 473 g/mol. The van der Waals surface area contributed by atoms with Gasteiger partial charge in [0, 0.05) is 21.3 Å². The second-order valence-corrected chi connectivity index (χ2v) is 7.53. The van der Waals surface area contributed by atoms with Crippen LogP contribution in [0.3, 0.4) is 0 Å². The Labute approximate surface area is 194 Å². The van der Waals surface area contributed by atoms with Crippen LogP contribution in [-0.2, 0) is 16.2 Å². The maximum atomic E-state index is 13.7. The molecule has 0 spiro atoms. The van der Waals surface area contributed by atoms with Gasteiger partial charge in [0.25, 0.3) is 0 Å². The van der Waals surface area contributed by atoms with Gasteiger partial charge in [0.1, 0.15) is 18.2 Å². The highest BCUT2D eigenvalue weighted by Crippen LogP contribution is 2.22. The van der Waals surface area contributed by atoms with Crippen molar-refractivity contribution in [1.29, 1.82) is 0 Å². The third-order valence-electron chi connectivity index (χ3n) is 4.28. The first-order chi connectivity index (χ1) is 15.3. The van der Waals surface area contributed by atoms with E-state index in [4.69, 9.17) is 27.9 Å². The summed E-state index contributed by atoms with van der Waals surface area (Å²) in [5, 5.41) is 6.98. The van der Waals surface area contributed by atoms with Crippen molar-refractivity contribution in [2.45, 2.75) is 13.5 Å². The number of rotatable bonds is 6. The molecule has 3 aromatic rings. The van der Waals surface area contributed by atoms with E-state index >= 15 is 0 Å². The van der Waals surface area contributed by atoms with E-state index < -0.39 is 11.8 Å². The molecule has 0 saturated heterocycles. The normalized spacial score (nSPS) is 11.1. The van der Waals surface area contributed by atoms with Crippen LogP contribution in [-0.4, -0.2) is 17.5 Å². The first-order valence-electron chi connectivity index (χ1n) is 9.40. The topological polar surface area (TPSA) is 79.8 Å². The molecule has 2 amide bonds. The fourth-order valence-corrected chi connectivity index (χ4v) is 3.16. The number of nitrogens with one attached hydrogen (secondary N) is 2. The molecule has 0 radical (unpaired) electrons. The molecular formula is C23H18Cl2FN3O3. The first kappa shape index (κ1) is 23.2. The minimum absolute atomic E-state index is 0.0993. The third-order valence-corrected chi connectivity index (χ3v) is 4.71. The van der Waals surface area contributed by atoms with Crippen molar-refractivity contribution in [2.24, 2.45) is 5.10 Å². The zero-order chi connectivity index (χ0) is 23.1. The largest absolute Gasteiger partial charge is 0.489 e. The van der Waals surface area contributed by atoms with E-state index in [1.54, 1.807) is 49.4 Å². The summed E-state index contributed by atoms with van der Waals surface area (Å²) in [6.07, 6.45) is 0. The quantitative estimate of drug-likeness (QED) is 0.293. The summed E-state index contributed by atoms with van der Waals surface area (Å²) in [5.41, 5.74) is 4.11. The van der Waals surface area contributed by atoms with Crippen molar-refractivity contribution >= 4 is 46.4 Å². The van der Waals surface area contributed by atoms with Crippen molar-refractivity contribution in [3.63, 3.8) is 0 Å². The fraction of sp³-hybridized carbons (Fsp3) is 0.0870. The van der Waals surface area contributed by atoms with Crippen molar-refractivity contribution in [2.75, 3.05) is 5.32 Å². The summed E-state index contributed by atoms with van der Waals surface area (Å²) in [4.78, 5) is 24.0. The zero-order valence-corrected chi connectivity index (χ0v) is 18.4. The molecule has 9 heteroatoms. The molecule has 0 atom stereocenters. The summed E-state index contributed by atoms with van der Waals surface area (Å²) in [5.74, 6) is -1.65. The predicted octanol–water partition coefficient (Wildman–Crippen LogP) is 5.19. The van der Waals surface area contributed by atoms with Gasteiger partial charge in [0.15, 0.2) is 0 Å². The van der Waals surface area contributed by atoms with Crippen LogP contribution in [0.1, 0.15) is 18.1 Å². The van der Waals surface area contributed by atoms with Crippen LogP contribution >= 0.6 is 23.2 Å². The van der Waals surface area contributed by atoms with Gasteiger partial charge < -0.3 is 10.1 Å². The average Bonchev–Trinajstić information content (AvgIpc) is 2.76. The van der Waals surface area contributed by atoms with E-state index in [-0.39, 0.29) is 18.1 Å². The standard InChI is InChI=1S/C23H18Cl2FN3O3/c1-14(28-29-23(31)22(30)27-19-11-17(24)10-18(25)12-19)15-6-8-20(9-7-15)32-13-16-4-2-3-5-21(16)26/h2-12H,13H2,1H3,(H,27,30)(H,29,31)/b28-14+. The van der Waals surface area contributed by atoms with Gasteiger partial charge in [0.05, 0.1) is 5.71 Å². The number of benzene rings is 3. The Morgan fingerprint density at radius 1 is 0.969 bits per heavy atom. The Balaban J connectivity index is 1.55. The number of hydrogen-bond acceptors (Lipinski definition) is 4. The minimum Gasteiger partial charge on any atom is -0.489 e. The van der Waals surface area contributed by atoms with Gasteiger partial charge in [-0.25, -0.2) is 9.82 Å². The third kappa shape index (κ3) is 6.54. The molecule has 0 aliphatic carbocycles. The van der Waals surface area contributed by atoms with E-state index in [2.05, 4.69) is 15.8 Å². The Hall–Kier alpha value is -3.42. The number of ether oxygens (including phenoxy) is 1. The maximum Gasteiger partial charge on any atom is 0.329 e. The summed E-state index contributed by atoms with van der Waals surface area (Å²) < 4.78 is 19.2. The number of amides is 2. The number of anilines is 1. The van der Waals surface area contributed by atoms with Gasteiger partial charge in [-0.3, -0.25) is 9.59 Å². The summed E-state index contributed by atoms with van der Waals surface area (Å²) in [6.45, 7) is 1.77. The SMILES string of the molecule is C/C(=N\NC(=O)C(=O)Nc1cc(Cl)cc(Cl)c1)c1ccc(OCc2ccccc2F)cc1. The molecule has 0 aromatic heterocycles. The summed E-state index contributed by atoms with van der Waals surface area (Å²) >= 11 is 11.7. The lowest BCUT2D eigenvalue weighted by molar-refractivity contribution is -0.136. The minimum atomic E-state index is -0.953. The molecule has 0 bridgehead atoms. The molecule has 0 heterocycles.